The van der Waals surface area contributed by atoms with Gasteiger partial charge in [-0.25, -0.2) is 4.98 Å². The van der Waals surface area contributed by atoms with Crippen LogP contribution in [0.5, 0.6) is 5.75 Å². The van der Waals surface area contributed by atoms with Gasteiger partial charge in [0.1, 0.15) is 31.9 Å². The predicted molar refractivity (Wildman–Crippen MR) is 97.1 cm³/mol. The number of quaternary nitrogens is 1. The minimum Gasteiger partial charge on any atom is -0.433 e. The fraction of sp³-hybridized carbons (Fsp3) is 0.368. The molecule has 1 aliphatic heterocycles. The number of aromatic nitrogens is 1. The number of nitrogens with zero attached hydrogens (tertiary/aromatic N) is 1. The highest BCUT2D eigenvalue weighted by Gasteiger charge is 2.32. The maximum Gasteiger partial charge on any atom is 0.387 e. The van der Waals surface area contributed by atoms with E-state index in [1.54, 1.807) is 18.2 Å². The van der Waals surface area contributed by atoms with Crippen LogP contribution in [0, 0.1) is 0 Å². The average Bonchev–Trinajstić information content (AvgIpc) is 2.69. The Morgan fingerprint density at radius 2 is 1.89 bits per heavy atom. The largest absolute Gasteiger partial charge is 0.433 e. The first kappa shape index (κ1) is 19.0. The van der Waals surface area contributed by atoms with E-state index in [4.69, 9.17) is 0 Å². The SMILES string of the molecule is C[C@@H](C(=O)Nc1ccccc1OC(F)F)[NH+]1CCN(c2cccc[nH+]2)CC1. The molecule has 0 unspecified atom stereocenters. The highest BCUT2D eigenvalue weighted by atomic mass is 19.3. The van der Waals surface area contributed by atoms with Gasteiger partial charge in [-0.3, -0.25) is 9.69 Å². The van der Waals surface area contributed by atoms with Crippen LogP contribution in [-0.4, -0.2) is 44.7 Å². The third kappa shape index (κ3) is 4.91. The number of nitrogens with one attached hydrogen (secondary N) is 3. The third-order valence-corrected chi connectivity index (χ3v) is 4.81. The van der Waals surface area contributed by atoms with E-state index in [0.717, 1.165) is 36.9 Å². The Bertz CT molecular complexity index is 752. The van der Waals surface area contributed by atoms with Gasteiger partial charge in [-0.2, -0.15) is 8.78 Å². The Morgan fingerprint density at radius 1 is 1.19 bits per heavy atom. The summed E-state index contributed by atoms with van der Waals surface area (Å²) in [5, 5.41) is 2.72. The van der Waals surface area contributed by atoms with Gasteiger partial charge in [0, 0.05) is 6.07 Å². The summed E-state index contributed by atoms with van der Waals surface area (Å²) < 4.78 is 29.5. The number of ether oxygens (including phenoxy) is 1. The zero-order chi connectivity index (χ0) is 19.2. The highest BCUT2D eigenvalue weighted by Crippen LogP contribution is 2.25. The number of pyridine rings is 1. The van der Waals surface area contributed by atoms with Crippen molar-refractivity contribution in [2.24, 2.45) is 0 Å². The smallest absolute Gasteiger partial charge is 0.387 e. The summed E-state index contributed by atoms with van der Waals surface area (Å²) in [5.41, 5.74) is 0.256. The van der Waals surface area contributed by atoms with Crippen molar-refractivity contribution in [3.8, 4) is 5.75 Å². The van der Waals surface area contributed by atoms with Gasteiger partial charge >= 0.3 is 6.61 Å². The minimum atomic E-state index is -2.94. The van der Waals surface area contributed by atoms with Gasteiger partial charge in [0.25, 0.3) is 11.7 Å². The molecule has 1 aliphatic rings. The van der Waals surface area contributed by atoms with Crippen LogP contribution in [0.15, 0.2) is 48.7 Å². The van der Waals surface area contributed by atoms with Gasteiger partial charge in [0.15, 0.2) is 6.04 Å². The molecule has 2 aromatic rings. The van der Waals surface area contributed by atoms with Crippen molar-refractivity contribution in [2.75, 3.05) is 36.4 Å². The van der Waals surface area contributed by atoms with Gasteiger partial charge in [-0.15, -0.1) is 0 Å². The molecule has 144 valence electrons. The second-order valence-electron chi connectivity index (χ2n) is 6.48. The number of H-pyrrole nitrogens is 1. The number of piperazine rings is 1. The van der Waals surface area contributed by atoms with Crippen LogP contribution < -0.4 is 24.8 Å². The number of amides is 1. The van der Waals surface area contributed by atoms with E-state index in [2.05, 4.69) is 19.9 Å². The van der Waals surface area contributed by atoms with E-state index in [9.17, 15) is 13.6 Å². The molecular weight excluding hydrogens is 354 g/mol. The number of rotatable bonds is 6. The number of alkyl halides is 2. The molecule has 0 aliphatic carbocycles. The summed E-state index contributed by atoms with van der Waals surface area (Å²) in [7, 11) is 0. The second kappa shape index (κ2) is 8.77. The fourth-order valence-corrected chi connectivity index (χ4v) is 3.24. The number of hydrogen-bond donors (Lipinski definition) is 2. The van der Waals surface area contributed by atoms with E-state index >= 15 is 0 Å². The Kier molecular flexibility index (Phi) is 6.18. The van der Waals surface area contributed by atoms with Gasteiger partial charge in [-0.1, -0.05) is 18.2 Å². The van der Waals surface area contributed by atoms with Gasteiger partial charge in [-0.05, 0) is 25.1 Å². The first-order valence-electron chi connectivity index (χ1n) is 8.95. The molecule has 1 atom stereocenters. The maximum atomic E-state index is 12.6. The van der Waals surface area contributed by atoms with Crippen molar-refractivity contribution in [3.05, 3.63) is 48.7 Å². The van der Waals surface area contributed by atoms with Gasteiger partial charge in [0.2, 0.25) is 0 Å². The van der Waals surface area contributed by atoms with Crippen LogP contribution in [0.3, 0.4) is 0 Å². The first-order valence-corrected chi connectivity index (χ1v) is 8.95. The molecule has 0 bridgehead atoms. The molecule has 0 saturated carbocycles. The molecule has 1 aromatic carbocycles. The first-order chi connectivity index (χ1) is 13.0. The molecule has 1 fully saturated rings. The summed E-state index contributed by atoms with van der Waals surface area (Å²) >= 11 is 0. The molecular formula is C19H24F2N4O2+2. The lowest BCUT2D eigenvalue weighted by molar-refractivity contribution is -0.914. The number of halogens is 2. The molecule has 3 rings (SSSR count). The van der Waals surface area contributed by atoms with Crippen LogP contribution in [0.1, 0.15) is 6.92 Å². The Labute approximate surface area is 156 Å². The molecule has 0 radical (unpaired) electrons. The van der Waals surface area contributed by atoms with Crippen LogP contribution in [-0.2, 0) is 4.79 Å². The molecule has 1 saturated heterocycles. The number of carbonyl (C=O) groups excluding carboxylic acids is 1. The van der Waals surface area contributed by atoms with Crippen LogP contribution >= 0.6 is 0 Å². The van der Waals surface area contributed by atoms with E-state index in [1.807, 2.05) is 31.3 Å². The monoisotopic (exact) mass is 378 g/mol. The zero-order valence-corrected chi connectivity index (χ0v) is 15.1. The Hall–Kier alpha value is -2.74. The third-order valence-electron chi connectivity index (χ3n) is 4.81. The topological polar surface area (TPSA) is 60.1 Å². The molecule has 8 heteroatoms. The van der Waals surface area contributed by atoms with E-state index in [0.29, 0.717) is 0 Å². The van der Waals surface area contributed by atoms with E-state index in [1.165, 1.54) is 6.07 Å². The highest BCUT2D eigenvalue weighted by molar-refractivity contribution is 5.94. The number of benzene rings is 1. The van der Waals surface area contributed by atoms with Crippen molar-refractivity contribution >= 4 is 17.4 Å². The van der Waals surface area contributed by atoms with Crippen LogP contribution in [0.25, 0.3) is 0 Å². The summed E-state index contributed by atoms with van der Waals surface area (Å²) in [6, 6.07) is 11.9. The van der Waals surface area contributed by atoms with E-state index < -0.39 is 6.61 Å². The van der Waals surface area contributed by atoms with Gasteiger partial charge in [0.05, 0.1) is 11.9 Å². The quantitative estimate of drug-likeness (QED) is 0.783. The normalized spacial score (nSPS) is 16.2. The predicted octanol–water partition coefficient (Wildman–Crippen LogP) is 0.834. The van der Waals surface area contributed by atoms with Crippen molar-refractivity contribution in [1.29, 1.82) is 0 Å². The van der Waals surface area contributed by atoms with Crippen molar-refractivity contribution in [1.82, 2.24) is 0 Å². The maximum absolute atomic E-state index is 12.6. The standard InChI is InChI=1S/C19H22F2N4O2/c1-14(18(26)23-15-6-2-3-7-16(15)27-19(20)21)24-10-12-25(13-11-24)17-8-4-5-9-22-17/h2-9,14,19H,10-13H2,1H3,(H,23,26)/p+2/t14-/m0/s1. The number of aromatic amines is 1. The lowest BCUT2D eigenvalue weighted by atomic mass is 10.2. The van der Waals surface area contributed by atoms with Crippen molar-refractivity contribution < 1.29 is 28.2 Å². The molecule has 3 N–H and O–H groups in total. The van der Waals surface area contributed by atoms with E-state index in [-0.39, 0.29) is 23.4 Å². The van der Waals surface area contributed by atoms with Crippen molar-refractivity contribution in [2.45, 2.75) is 19.6 Å². The summed E-state index contributed by atoms with van der Waals surface area (Å²) in [6.07, 6.45) is 1.89. The number of para-hydroxylation sites is 2. The molecule has 1 amide bonds. The average molecular weight is 378 g/mol. The minimum absolute atomic E-state index is 0.0347. The molecule has 1 aromatic heterocycles. The van der Waals surface area contributed by atoms with Gasteiger partial charge < -0.3 is 15.0 Å². The Balaban J connectivity index is 1.57. The lowest BCUT2D eigenvalue weighted by Crippen LogP contribution is -3.19. The Morgan fingerprint density at radius 3 is 2.56 bits per heavy atom. The molecule has 6 nitrogen and oxygen atoms in total. The number of hydrogen-bond acceptors (Lipinski definition) is 3. The summed E-state index contributed by atoms with van der Waals surface area (Å²) in [6.45, 7) is 2.20. The number of carbonyl (C=O) groups is 1. The summed E-state index contributed by atoms with van der Waals surface area (Å²) in [4.78, 5) is 19.2. The zero-order valence-electron chi connectivity index (χ0n) is 15.1. The summed E-state index contributed by atoms with van der Waals surface area (Å²) in [5.74, 6) is 0.814. The van der Waals surface area contributed by atoms with Crippen LogP contribution in [0.4, 0.5) is 20.3 Å². The van der Waals surface area contributed by atoms with Crippen LogP contribution in [0.2, 0.25) is 0 Å². The molecule has 2 heterocycles. The molecule has 27 heavy (non-hydrogen) atoms. The second-order valence-corrected chi connectivity index (χ2v) is 6.48. The number of anilines is 2. The fourth-order valence-electron chi connectivity index (χ4n) is 3.24. The lowest BCUT2D eigenvalue weighted by Gasteiger charge is -2.31. The molecule has 0 spiro atoms. The van der Waals surface area contributed by atoms with Crippen molar-refractivity contribution in [3.63, 3.8) is 0 Å².